The Hall–Kier alpha value is -2.17. The molecule has 0 N–H and O–H groups in total. The van der Waals surface area contributed by atoms with Gasteiger partial charge in [0.25, 0.3) is 0 Å². The number of aromatic nitrogens is 1. The van der Waals surface area contributed by atoms with Gasteiger partial charge in [0.1, 0.15) is 0 Å². The summed E-state index contributed by atoms with van der Waals surface area (Å²) in [5.74, 6) is 0.0703. The van der Waals surface area contributed by atoms with Gasteiger partial charge in [-0.3, -0.25) is 9.69 Å². The molecule has 1 aliphatic heterocycles. The zero-order valence-corrected chi connectivity index (χ0v) is 14.5. The van der Waals surface area contributed by atoms with Crippen molar-refractivity contribution in [3.63, 3.8) is 0 Å². The zero-order valence-electron chi connectivity index (χ0n) is 14.5. The number of nitrogens with zero attached hydrogens (tertiary/aromatic N) is 3. The van der Waals surface area contributed by atoms with Crippen molar-refractivity contribution in [2.75, 3.05) is 33.2 Å². The Balaban J connectivity index is 1.72. The second kappa shape index (κ2) is 7.60. The molecule has 0 spiro atoms. The SMILES string of the molecule is CN1CCN(Cc2ccccc2C(=O)C=Cc2cccn2C)CC1. The third-order valence-corrected chi connectivity index (χ3v) is 4.66. The number of hydrogen-bond acceptors (Lipinski definition) is 3. The van der Waals surface area contributed by atoms with Crippen LogP contribution in [0.25, 0.3) is 6.08 Å². The topological polar surface area (TPSA) is 28.5 Å². The predicted octanol–water partition coefficient (Wildman–Crippen LogP) is 2.67. The molecule has 1 aromatic carbocycles. The molecule has 4 heteroatoms. The van der Waals surface area contributed by atoms with E-state index in [9.17, 15) is 4.79 Å². The van der Waals surface area contributed by atoms with Crippen molar-refractivity contribution in [1.82, 2.24) is 14.4 Å². The second-order valence-electron chi connectivity index (χ2n) is 6.48. The molecule has 1 aromatic heterocycles. The van der Waals surface area contributed by atoms with Gasteiger partial charge in [0.2, 0.25) is 0 Å². The van der Waals surface area contributed by atoms with Crippen LogP contribution in [0, 0.1) is 0 Å². The first-order valence-electron chi connectivity index (χ1n) is 8.46. The zero-order chi connectivity index (χ0) is 16.9. The summed E-state index contributed by atoms with van der Waals surface area (Å²) in [6.45, 7) is 5.12. The highest BCUT2D eigenvalue weighted by Gasteiger charge is 2.16. The molecular formula is C20H25N3O. The fourth-order valence-electron chi connectivity index (χ4n) is 3.04. The number of allylic oxidation sites excluding steroid dienone is 1. The molecule has 1 fully saturated rings. The largest absolute Gasteiger partial charge is 0.351 e. The lowest BCUT2D eigenvalue weighted by Crippen LogP contribution is -2.44. The Labute approximate surface area is 144 Å². The molecule has 2 aromatic rings. The molecule has 2 heterocycles. The average Bonchev–Trinajstić information content (AvgIpc) is 3.00. The third-order valence-electron chi connectivity index (χ3n) is 4.66. The molecule has 0 saturated carbocycles. The van der Waals surface area contributed by atoms with Gasteiger partial charge in [0.15, 0.2) is 5.78 Å². The number of hydrogen-bond donors (Lipinski definition) is 0. The van der Waals surface area contributed by atoms with Crippen molar-refractivity contribution >= 4 is 11.9 Å². The van der Waals surface area contributed by atoms with E-state index in [-0.39, 0.29) is 5.78 Å². The number of rotatable bonds is 5. The van der Waals surface area contributed by atoms with Crippen molar-refractivity contribution in [3.05, 3.63) is 65.5 Å². The highest BCUT2D eigenvalue weighted by atomic mass is 16.1. The molecule has 24 heavy (non-hydrogen) atoms. The van der Waals surface area contributed by atoms with E-state index in [2.05, 4.69) is 22.9 Å². The van der Waals surface area contributed by atoms with Gasteiger partial charge >= 0.3 is 0 Å². The fourth-order valence-corrected chi connectivity index (χ4v) is 3.04. The minimum absolute atomic E-state index is 0.0703. The molecule has 0 aliphatic carbocycles. The standard InChI is InChI=1S/C20H25N3O/c1-21-12-14-23(15-13-21)16-17-6-3-4-8-19(17)20(24)10-9-18-7-5-11-22(18)2/h3-11H,12-16H2,1-2H3. The first-order valence-corrected chi connectivity index (χ1v) is 8.46. The minimum atomic E-state index is 0.0703. The lowest BCUT2D eigenvalue weighted by molar-refractivity contribution is 0.104. The lowest BCUT2D eigenvalue weighted by atomic mass is 10.0. The lowest BCUT2D eigenvalue weighted by Gasteiger charge is -2.32. The number of carbonyl (C=O) groups is 1. The van der Waals surface area contributed by atoms with Crippen LogP contribution in [0.15, 0.2) is 48.7 Å². The maximum atomic E-state index is 12.6. The van der Waals surface area contributed by atoms with Gasteiger partial charge in [0.05, 0.1) is 0 Å². The smallest absolute Gasteiger partial charge is 0.186 e. The quantitative estimate of drug-likeness (QED) is 0.626. The van der Waals surface area contributed by atoms with E-state index in [1.165, 1.54) is 0 Å². The molecule has 0 atom stereocenters. The summed E-state index contributed by atoms with van der Waals surface area (Å²) in [6, 6.07) is 11.9. The average molecular weight is 323 g/mol. The minimum Gasteiger partial charge on any atom is -0.351 e. The van der Waals surface area contributed by atoms with Gasteiger partial charge in [-0.25, -0.2) is 0 Å². The van der Waals surface area contributed by atoms with Gasteiger partial charge < -0.3 is 9.47 Å². The Morgan fingerprint density at radius 1 is 1.04 bits per heavy atom. The van der Waals surface area contributed by atoms with Crippen molar-refractivity contribution in [2.24, 2.45) is 7.05 Å². The van der Waals surface area contributed by atoms with E-state index in [0.29, 0.717) is 0 Å². The van der Waals surface area contributed by atoms with E-state index < -0.39 is 0 Å². The van der Waals surface area contributed by atoms with E-state index >= 15 is 0 Å². The van der Waals surface area contributed by atoms with Crippen molar-refractivity contribution in [2.45, 2.75) is 6.54 Å². The number of piperazine rings is 1. The Morgan fingerprint density at radius 2 is 1.79 bits per heavy atom. The summed E-state index contributed by atoms with van der Waals surface area (Å²) in [7, 11) is 4.13. The predicted molar refractivity (Wildman–Crippen MR) is 98.0 cm³/mol. The molecule has 0 unspecified atom stereocenters. The summed E-state index contributed by atoms with van der Waals surface area (Å²) in [6.07, 6.45) is 5.54. The first kappa shape index (κ1) is 16.7. The summed E-state index contributed by atoms with van der Waals surface area (Å²) in [4.78, 5) is 17.4. The molecular weight excluding hydrogens is 298 g/mol. The van der Waals surface area contributed by atoms with Crippen LogP contribution in [-0.2, 0) is 13.6 Å². The van der Waals surface area contributed by atoms with Crippen LogP contribution in [0.4, 0.5) is 0 Å². The third kappa shape index (κ3) is 4.02. The van der Waals surface area contributed by atoms with Gasteiger partial charge in [-0.2, -0.15) is 0 Å². The summed E-state index contributed by atoms with van der Waals surface area (Å²) < 4.78 is 2.00. The van der Waals surface area contributed by atoms with Gasteiger partial charge in [-0.15, -0.1) is 0 Å². The monoisotopic (exact) mass is 323 g/mol. The summed E-state index contributed by atoms with van der Waals surface area (Å²) >= 11 is 0. The number of benzene rings is 1. The van der Waals surface area contributed by atoms with Crippen LogP contribution < -0.4 is 0 Å². The van der Waals surface area contributed by atoms with Crippen LogP contribution in [-0.4, -0.2) is 53.4 Å². The van der Waals surface area contributed by atoms with Crippen LogP contribution in [0.5, 0.6) is 0 Å². The maximum Gasteiger partial charge on any atom is 0.186 e. The van der Waals surface area contributed by atoms with Gasteiger partial charge in [-0.05, 0) is 36.9 Å². The molecule has 1 aliphatic rings. The molecule has 1 saturated heterocycles. The molecule has 3 rings (SSSR count). The highest BCUT2D eigenvalue weighted by Crippen LogP contribution is 2.15. The van der Waals surface area contributed by atoms with Crippen molar-refractivity contribution in [3.8, 4) is 0 Å². The molecule has 0 amide bonds. The van der Waals surface area contributed by atoms with Crippen molar-refractivity contribution < 1.29 is 4.79 Å². The number of carbonyl (C=O) groups excluding carboxylic acids is 1. The van der Waals surface area contributed by atoms with Gasteiger partial charge in [-0.1, -0.05) is 24.3 Å². The maximum absolute atomic E-state index is 12.6. The second-order valence-corrected chi connectivity index (χ2v) is 6.48. The molecule has 0 bridgehead atoms. The Kier molecular flexibility index (Phi) is 5.28. The van der Waals surface area contributed by atoms with Crippen LogP contribution >= 0.6 is 0 Å². The molecule has 126 valence electrons. The summed E-state index contributed by atoms with van der Waals surface area (Å²) in [5, 5.41) is 0. The number of likely N-dealkylation sites (N-methyl/N-ethyl adjacent to an activating group) is 1. The normalized spacial score (nSPS) is 16.8. The van der Waals surface area contributed by atoms with Crippen molar-refractivity contribution in [1.29, 1.82) is 0 Å². The fraction of sp³-hybridized carbons (Fsp3) is 0.350. The first-order chi connectivity index (χ1) is 11.6. The van der Waals surface area contributed by atoms with E-state index in [4.69, 9.17) is 0 Å². The Morgan fingerprint density at radius 3 is 2.50 bits per heavy atom. The number of ketones is 1. The number of aryl methyl sites for hydroxylation is 1. The van der Waals surface area contributed by atoms with Crippen LogP contribution in [0.2, 0.25) is 0 Å². The van der Waals surface area contributed by atoms with Crippen LogP contribution in [0.3, 0.4) is 0 Å². The Bertz CT molecular complexity index is 724. The van der Waals surface area contributed by atoms with E-state index in [1.807, 2.05) is 54.2 Å². The summed E-state index contributed by atoms with van der Waals surface area (Å²) in [5.41, 5.74) is 2.95. The van der Waals surface area contributed by atoms with Crippen LogP contribution in [0.1, 0.15) is 21.6 Å². The van der Waals surface area contributed by atoms with E-state index in [0.717, 1.165) is 49.5 Å². The van der Waals surface area contributed by atoms with E-state index in [1.54, 1.807) is 6.08 Å². The van der Waals surface area contributed by atoms with Gasteiger partial charge in [0, 0.05) is 57.2 Å². The molecule has 4 nitrogen and oxygen atoms in total. The molecule has 0 radical (unpaired) electrons. The highest BCUT2D eigenvalue weighted by molar-refractivity contribution is 6.07.